The third kappa shape index (κ3) is 8.04. The van der Waals surface area contributed by atoms with Crippen LogP contribution in [0.4, 0.5) is 13.2 Å². The molecule has 0 amide bonds. The number of esters is 1. The van der Waals surface area contributed by atoms with Crippen molar-refractivity contribution in [2.24, 2.45) is 0 Å². The van der Waals surface area contributed by atoms with E-state index < -0.39 is 11.7 Å². The summed E-state index contributed by atoms with van der Waals surface area (Å²) in [7, 11) is 0. The highest BCUT2D eigenvalue weighted by Crippen LogP contribution is 2.35. The number of aryl methyl sites for hydroxylation is 2. The second-order valence-electron chi connectivity index (χ2n) is 7.30. The second kappa shape index (κ2) is 12.1. The molecule has 0 bridgehead atoms. The predicted octanol–water partition coefficient (Wildman–Crippen LogP) is 6.76. The summed E-state index contributed by atoms with van der Waals surface area (Å²) in [5.74, 6) is 0.873. The van der Waals surface area contributed by atoms with Crippen molar-refractivity contribution in [3.8, 4) is 11.5 Å². The van der Waals surface area contributed by atoms with Crippen LogP contribution in [-0.4, -0.2) is 25.3 Å². The summed E-state index contributed by atoms with van der Waals surface area (Å²) in [5, 5.41) is 0. The first kappa shape index (κ1) is 26.0. The van der Waals surface area contributed by atoms with Crippen molar-refractivity contribution in [3.05, 3.63) is 57.6 Å². The summed E-state index contributed by atoms with van der Waals surface area (Å²) in [4.78, 5) is 11.6. The Hall–Kier alpha value is -2.22. The Kier molecular flexibility index (Phi) is 9.87. The van der Waals surface area contributed by atoms with Crippen molar-refractivity contribution in [3.63, 3.8) is 0 Å². The van der Waals surface area contributed by atoms with E-state index in [0.717, 1.165) is 35.4 Å². The normalized spacial score (nSPS) is 12.3. The molecule has 32 heavy (non-hydrogen) atoms. The van der Waals surface area contributed by atoms with E-state index in [1.807, 2.05) is 32.0 Å². The number of alkyl halides is 3. The van der Waals surface area contributed by atoms with E-state index in [0.29, 0.717) is 38.2 Å². The molecule has 0 N–H and O–H groups in total. The zero-order valence-corrected chi connectivity index (χ0v) is 20.0. The molecule has 2 rings (SSSR count). The van der Waals surface area contributed by atoms with Crippen LogP contribution in [0, 0.1) is 0 Å². The fourth-order valence-electron chi connectivity index (χ4n) is 3.13. The van der Waals surface area contributed by atoms with Gasteiger partial charge in [-0.15, -0.1) is 0 Å². The first-order valence-corrected chi connectivity index (χ1v) is 11.4. The number of ether oxygens (including phenoxy) is 3. The molecule has 0 fully saturated rings. The number of carbonyl (C=O) groups excluding carboxylic acids is 1. The number of carbonyl (C=O) groups is 1. The van der Waals surface area contributed by atoms with Gasteiger partial charge in [-0.2, -0.15) is 13.2 Å². The zero-order chi connectivity index (χ0) is 23.7. The van der Waals surface area contributed by atoms with Crippen molar-refractivity contribution in [2.45, 2.75) is 58.7 Å². The lowest BCUT2D eigenvalue weighted by Crippen LogP contribution is -2.16. The molecule has 0 unspecified atom stereocenters. The lowest BCUT2D eigenvalue weighted by Gasteiger charge is -2.18. The van der Waals surface area contributed by atoms with E-state index in [2.05, 4.69) is 15.9 Å². The van der Waals surface area contributed by atoms with Crippen LogP contribution in [-0.2, 0) is 28.5 Å². The molecule has 0 aromatic heterocycles. The minimum Gasteiger partial charge on any atom is -0.493 e. The molecule has 0 aliphatic carbocycles. The van der Waals surface area contributed by atoms with Gasteiger partial charge in [0.1, 0.15) is 11.5 Å². The molecule has 1 atom stereocenters. The Bertz CT molecular complexity index is 899. The molecule has 4 nitrogen and oxygen atoms in total. The number of halogens is 4. The summed E-state index contributed by atoms with van der Waals surface area (Å²) < 4.78 is 55.2. The van der Waals surface area contributed by atoms with Gasteiger partial charge in [0.25, 0.3) is 0 Å². The summed E-state index contributed by atoms with van der Waals surface area (Å²) in [5.41, 5.74) is 1.48. The topological polar surface area (TPSA) is 44.8 Å². The number of benzene rings is 2. The monoisotopic (exact) mass is 516 g/mol. The fourth-order valence-corrected chi connectivity index (χ4v) is 3.60. The smallest absolute Gasteiger partial charge is 0.416 e. The van der Waals surface area contributed by atoms with Gasteiger partial charge in [0.2, 0.25) is 0 Å². The average molecular weight is 517 g/mol. The molecule has 0 aliphatic heterocycles. The van der Waals surface area contributed by atoms with E-state index >= 15 is 0 Å². The van der Waals surface area contributed by atoms with E-state index in [1.165, 1.54) is 6.07 Å². The van der Waals surface area contributed by atoms with Gasteiger partial charge in [0, 0.05) is 12.8 Å². The van der Waals surface area contributed by atoms with E-state index in [9.17, 15) is 18.0 Å². The Morgan fingerprint density at radius 2 is 1.84 bits per heavy atom. The lowest BCUT2D eigenvalue weighted by atomic mass is 10.0. The predicted molar refractivity (Wildman–Crippen MR) is 120 cm³/mol. The van der Waals surface area contributed by atoms with Crippen molar-refractivity contribution in [1.29, 1.82) is 0 Å². The molecular formula is C24H28BrF3O4. The molecule has 2 aromatic carbocycles. The summed E-state index contributed by atoms with van der Waals surface area (Å²) >= 11 is 3.14. The Labute approximate surface area is 195 Å². The molecule has 0 saturated carbocycles. The Balaban J connectivity index is 1.86. The van der Waals surface area contributed by atoms with Crippen molar-refractivity contribution in [2.75, 3.05) is 13.2 Å². The van der Waals surface area contributed by atoms with E-state index in [4.69, 9.17) is 14.2 Å². The average Bonchev–Trinajstić information content (AvgIpc) is 2.73. The van der Waals surface area contributed by atoms with Gasteiger partial charge in [-0.1, -0.05) is 13.0 Å². The van der Waals surface area contributed by atoms with Crippen LogP contribution in [0.15, 0.2) is 40.9 Å². The van der Waals surface area contributed by atoms with Gasteiger partial charge in [0.05, 0.1) is 29.4 Å². The summed E-state index contributed by atoms with van der Waals surface area (Å²) in [6.45, 7) is 6.44. The van der Waals surface area contributed by atoms with Crippen molar-refractivity contribution < 1.29 is 32.2 Å². The molecule has 2 aromatic rings. The van der Waals surface area contributed by atoms with Crippen LogP contribution in [0.5, 0.6) is 11.5 Å². The maximum atomic E-state index is 12.8. The highest BCUT2D eigenvalue weighted by atomic mass is 79.9. The number of rotatable bonds is 11. The Morgan fingerprint density at radius 1 is 1.09 bits per heavy atom. The van der Waals surface area contributed by atoms with Gasteiger partial charge in [-0.3, -0.25) is 4.79 Å². The minimum absolute atomic E-state index is 0.205. The highest BCUT2D eigenvalue weighted by Gasteiger charge is 2.31. The quantitative estimate of drug-likeness (QED) is 0.309. The molecule has 0 spiro atoms. The van der Waals surface area contributed by atoms with Crippen LogP contribution >= 0.6 is 15.9 Å². The van der Waals surface area contributed by atoms with Crippen LogP contribution in [0.25, 0.3) is 0 Å². The minimum atomic E-state index is -4.40. The first-order valence-electron chi connectivity index (χ1n) is 10.6. The summed E-state index contributed by atoms with van der Waals surface area (Å²) in [6.07, 6.45) is -2.31. The summed E-state index contributed by atoms with van der Waals surface area (Å²) in [6, 6.07) is 9.13. The molecule has 0 saturated heterocycles. The molecule has 0 radical (unpaired) electrons. The van der Waals surface area contributed by atoms with Gasteiger partial charge < -0.3 is 14.2 Å². The molecule has 176 valence electrons. The number of hydrogen-bond donors (Lipinski definition) is 0. The molecule has 8 heteroatoms. The van der Waals surface area contributed by atoms with Crippen molar-refractivity contribution >= 4 is 21.9 Å². The van der Waals surface area contributed by atoms with Crippen LogP contribution < -0.4 is 9.47 Å². The van der Waals surface area contributed by atoms with Crippen LogP contribution in [0.2, 0.25) is 0 Å². The first-order chi connectivity index (χ1) is 15.1. The van der Waals surface area contributed by atoms with Gasteiger partial charge in [-0.05, 0) is 84.1 Å². The highest BCUT2D eigenvalue weighted by molar-refractivity contribution is 9.10. The van der Waals surface area contributed by atoms with E-state index in [1.54, 1.807) is 6.92 Å². The van der Waals surface area contributed by atoms with Crippen LogP contribution in [0.1, 0.15) is 50.3 Å². The van der Waals surface area contributed by atoms with Gasteiger partial charge in [-0.25, -0.2) is 0 Å². The van der Waals surface area contributed by atoms with Gasteiger partial charge in [0.15, 0.2) is 0 Å². The van der Waals surface area contributed by atoms with E-state index in [-0.39, 0.29) is 16.5 Å². The van der Waals surface area contributed by atoms with Crippen LogP contribution in [0.3, 0.4) is 0 Å². The van der Waals surface area contributed by atoms with Gasteiger partial charge >= 0.3 is 12.1 Å². The zero-order valence-electron chi connectivity index (χ0n) is 18.4. The molecule has 0 aliphatic rings. The number of hydrogen-bond acceptors (Lipinski definition) is 4. The Morgan fingerprint density at radius 3 is 2.47 bits per heavy atom. The maximum Gasteiger partial charge on any atom is 0.416 e. The largest absolute Gasteiger partial charge is 0.493 e. The standard InChI is InChI=1S/C24H28BrF3O4/c1-4-17-14-20(9-6-18(17)7-11-23(29)30-5-2)31-13-12-16(3)32-22-10-8-19(15-21(22)25)24(26,27)28/h6,8-10,14-16H,4-5,7,11-13H2,1-3H3/t16-/m1/s1. The SMILES string of the molecule is CCOC(=O)CCc1ccc(OCC[C@@H](C)Oc2ccc(C(F)(F)F)cc2Br)cc1CC. The maximum absolute atomic E-state index is 12.8. The van der Waals surface area contributed by atoms with Crippen molar-refractivity contribution in [1.82, 2.24) is 0 Å². The second-order valence-corrected chi connectivity index (χ2v) is 8.15. The third-order valence-electron chi connectivity index (χ3n) is 4.84. The fraction of sp³-hybridized carbons (Fsp3) is 0.458. The lowest BCUT2D eigenvalue weighted by molar-refractivity contribution is -0.143. The molecular weight excluding hydrogens is 489 g/mol. The third-order valence-corrected chi connectivity index (χ3v) is 5.46. The molecule has 0 heterocycles.